The van der Waals surface area contributed by atoms with Crippen LogP contribution in [0.2, 0.25) is 0 Å². The summed E-state index contributed by atoms with van der Waals surface area (Å²) in [6, 6.07) is 7.73. The SMILES string of the molecule is CC(C)(C)OC(=O)C(N)C(=O)OCc1ccccc1. The van der Waals surface area contributed by atoms with E-state index in [1.54, 1.807) is 20.8 Å². The molecule has 0 spiro atoms. The van der Waals surface area contributed by atoms with Gasteiger partial charge in [-0.3, -0.25) is 0 Å². The van der Waals surface area contributed by atoms with E-state index in [2.05, 4.69) is 0 Å². The molecule has 0 radical (unpaired) electrons. The first-order valence-corrected chi connectivity index (χ1v) is 5.98. The van der Waals surface area contributed by atoms with Crippen LogP contribution in [0, 0.1) is 0 Å². The third-order valence-electron chi connectivity index (χ3n) is 2.14. The first-order chi connectivity index (χ1) is 8.79. The van der Waals surface area contributed by atoms with Crippen LogP contribution in [0.4, 0.5) is 0 Å². The van der Waals surface area contributed by atoms with Gasteiger partial charge in [0.2, 0.25) is 6.04 Å². The van der Waals surface area contributed by atoms with Crippen LogP contribution in [0.15, 0.2) is 30.3 Å². The van der Waals surface area contributed by atoms with E-state index >= 15 is 0 Å². The third-order valence-corrected chi connectivity index (χ3v) is 2.14. The summed E-state index contributed by atoms with van der Waals surface area (Å²) in [5.41, 5.74) is 5.62. The van der Waals surface area contributed by atoms with Crippen molar-refractivity contribution in [3.63, 3.8) is 0 Å². The number of carbonyl (C=O) groups is 2. The van der Waals surface area contributed by atoms with Crippen LogP contribution in [0.5, 0.6) is 0 Å². The van der Waals surface area contributed by atoms with Gasteiger partial charge in [-0.05, 0) is 26.3 Å². The van der Waals surface area contributed by atoms with Gasteiger partial charge in [0.15, 0.2) is 0 Å². The van der Waals surface area contributed by atoms with Crippen LogP contribution in [0.3, 0.4) is 0 Å². The maximum Gasteiger partial charge on any atom is 0.335 e. The summed E-state index contributed by atoms with van der Waals surface area (Å²) in [5, 5.41) is 0. The summed E-state index contributed by atoms with van der Waals surface area (Å²) in [5.74, 6) is -1.58. The second kappa shape index (κ2) is 6.33. The molecule has 0 bridgehead atoms. The Kier molecular flexibility index (Phi) is 5.06. The normalized spacial score (nSPS) is 12.6. The van der Waals surface area contributed by atoms with Crippen molar-refractivity contribution in [2.24, 2.45) is 5.73 Å². The fourth-order valence-corrected chi connectivity index (χ4v) is 1.28. The highest BCUT2D eigenvalue weighted by Gasteiger charge is 2.28. The molecule has 104 valence electrons. The van der Waals surface area contributed by atoms with E-state index in [4.69, 9.17) is 15.2 Å². The van der Waals surface area contributed by atoms with Crippen LogP contribution in [-0.4, -0.2) is 23.6 Å². The minimum absolute atomic E-state index is 0.0795. The predicted octanol–water partition coefficient (Wildman–Crippen LogP) is 1.40. The Hall–Kier alpha value is -1.88. The van der Waals surface area contributed by atoms with Crippen molar-refractivity contribution in [2.45, 2.75) is 39.0 Å². The molecule has 0 fully saturated rings. The minimum atomic E-state index is -1.41. The fraction of sp³-hybridized carbons (Fsp3) is 0.429. The fourth-order valence-electron chi connectivity index (χ4n) is 1.28. The molecular formula is C14H19NO4. The number of nitrogens with two attached hydrogens (primary N) is 1. The van der Waals surface area contributed by atoms with E-state index in [9.17, 15) is 9.59 Å². The predicted molar refractivity (Wildman–Crippen MR) is 70.1 cm³/mol. The summed E-state index contributed by atoms with van der Waals surface area (Å²) in [6.07, 6.45) is 0. The Morgan fingerprint density at radius 3 is 2.26 bits per heavy atom. The molecule has 1 aromatic carbocycles. The summed E-state index contributed by atoms with van der Waals surface area (Å²) in [7, 11) is 0. The van der Waals surface area contributed by atoms with Gasteiger partial charge < -0.3 is 15.2 Å². The molecule has 2 N–H and O–H groups in total. The quantitative estimate of drug-likeness (QED) is 0.657. The number of hydrogen-bond acceptors (Lipinski definition) is 5. The van der Waals surface area contributed by atoms with E-state index < -0.39 is 23.6 Å². The molecule has 0 aliphatic carbocycles. The zero-order valence-electron chi connectivity index (χ0n) is 11.4. The van der Waals surface area contributed by atoms with Gasteiger partial charge in [0.05, 0.1) is 0 Å². The van der Waals surface area contributed by atoms with Crippen LogP contribution < -0.4 is 5.73 Å². The lowest BCUT2D eigenvalue weighted by atomic mass is 10.2. The molecule has 1 atom stereocenters. The molecule has 0 aliphatic rings. The second-order valence-corrected chi connectivity index (χ2v) is 5.10. The van der Waals surface area contributed by atoms with Gasteiger partial charge in [0.1, 0.15) is 12.2 Å². The van der Waals surface area contributed by atoms with Gasteiger partial charge in [-0.1, -0.05) is 30.3 Å². The standard InChI is InChI=1S/C14H19NO4/c1-14(2,3)19-13(17)11(15)12(16)18-9-10-7-5-4-6-8-10/h4-8,11H,9,15H2,1-3H3. The van der Waals surface area contributed by atoms with Crippen LogP contribution >= 0.6 is 0 Å². The van der Waals surface area contributed by atoms with Gasteiger partial charge in [-0.2, -0.15) is 0 Å². The number of benzene rings is 1. The molecule has 0 aliphatic heterocycles. The van der Waals surface area contributed by atoms with Gasteiger partial charge in [0.25, 0.3) is 0 Å². The molecule has 0 heterocycles. The molecular weight excluding hydrogens is 246 g/mol. The molecule has 0 saturated heterocycles. The van der Waals surface area contributed by atoms with E-state index in [-0.39, 0.29) is 6.61 Å². The van der Waals surface area contributed by atoms with Gasteiger partial charge in [0, 0.05) is 0 Å². The summed E-state index contributed by atoms with van der Waals surface area (Å²) in [4.78, 5) is 23.2. The Morgan fingerprint density at radius 1 is 1.16 bits per heavy atom. The monoisotopic (exact) mass is 265 g/mol. The maximum atomic E-state index is 11.6. The first-order valence-electron chi connectivity index (χ1n) is 5.98. The van der Waals surface area contributed by atoms with Crippen LogP contribution in [0.1, 0.15) is 26.3 Å². The largest absolute Gasteiger partial charge is 0.459 e. The molecule has 19 heavy (non-hydrogen) atoms. The molecule has 0 amide bonds. The van der Waals surface area contributed by atoms with Crippen molar-refractivity contribution in [1.29, 1.82) is 0 Å². The van der Waals surface area contributed by atoms with Crippen molar-refractivity contribution < 1.29 is 19.1 Å². The van der Waals surface area contributed by atoms with E-state index in [1.807, 2.05) is 30.3 Å². The highest BCUT2D eigenvalue weighted by atomic mass is 16.6. The Morgan fingerprint density at radius 2 is 1.74 bits per heavy atom. The van der Waals surface area contributed by atoms with Gasteiger partial charge >= 0.3 is 11.9 Å². The van der Waals surface area contributed by atoms with E-state index in [0.29, 0.717) is 0 Å². The van der Waals surface area contributed by atoms with Crippen LogP contribution in [-0.2, 0) is 25.7 Å². The number of carbonyl (C=O) groups excluding carboxylic acids is 2. The number of hydrogen-bond donors (Lipinski definition) is 1. The second-order valence-electron chi connectivity index (χ2n) is 5.10. The van der Waals surface area contributed by atoms with Gasteiger partial charge in [-0.15, -0.1) is 0 Å². The van der Waals surface area contributed by atoms with Crippen molar-refractivity contribution in [2.75, 3.05) is 0 Å². The minimum Gasteiger partial charge on any atom is -0.459 e. The van der Waals surface area contributed by atoms with E-state index in [0.717, 1.165) is 5.56 Å². The third kappa shape index (κ3) is 5.52. The Bertz CT molecular complexity index is 437. The molecule has 1 rings (SSSR count). The van der Waals surface area contributed by atoms with Crippen molar-refractivity contribution in [3.05, 3.63) is 35.9 Å². The van der Waals surface area contributed by atoms with Crippen molar-refractivity contribution in [1.82, 2.24) is 0 Å². The lowest BCUT2D eigenvalue weighted by molar-refractivity contribution is -0.164. The molecule has 5 nitrogen and oxygen atoms in total. The highest BCUT2D eigenvalue weighted by molar-refractivity contribution is 5.99. The molecule has 5 heteroatoms. The molecule has 1 unspecified atom stereocenters. The zero-order chi connectivity index (χ0) is 14.5. The van der Waals surface area contributed by atoms with E-state index in [1.165, 1.54) is 0 Å². The molecule has 1 aromatic rings. The molecule has 0 aromatic heterocycles. The van der Waals surface area contributed by atoms with Crippen LogP contribution in [0.25, 0.3) is 0 Å². The van der Waals surface area contributed by atoms with Gasteiger partial charge in [-0.25, -0.2) is 9.59 Å². The average molecular weight is 265 g/mol. The van der Waals surface area contributed by atoms with Crippen molar-refractivity contribution >= 4 is 11.9 Å². The summed E-state index contributed by atoms with van der Waals surface area (Å²) < 4.78 is 9.97. The summed E-state index contributed by atoms with van der Waals surface area (Å²) in [6.45, 7) is 5.18. The number of esters is 2. The first kappa shape index (κ1) is 15.2. The lowest BCUT2D eigenvalue weighted by Crippen LogP contribution is -2.43. The number of rotatable bonds is 4. The maximum absolute atomic E-state index is 11.6. The van der Waals surface area contributed by atoms with Crippen molar-refractivity contribution in [3.8, 4) is 0 Å². The summed E-state index contributed by atoms with van der Waals surface area (Å²) >= 11 is 0. The number of ether oxygens (including phenoxy) is 2. The smallest absolute Gasteiger partial charge is 0.335 e. The lowest BCUT2D eigenvalue weighted by Gasteiger charge is -2.21. The highest BCUT2D eigenvalue weighted by Crippen LogP contribution is 2.09. The topological polar surface area (TPSA) is 78.6 Å². The molecule has 0 saturated carbocycles. The zero-order valence-corrected chi connectivity index (χ0v) is 11.4. The Labute approximate surface area is 112 Å². The average Bonchev–Trinajstić information content (AvgIpc) is 2.34. The Balaban J connectivity index is 2.47.